The van der Waals surface area contributed by atoms with E-state index in [0.717, 1.165) is 16.3 Å². The van der Waals surface area contributed by atoms with Crippen molar-refractivity contribution in [2.45, 2.75) is 20.4 Å². The van der Waals surface area contributed by atoms with E-state index in [9.17, 15) is 9.59 Å². The van der Waals surface area contributed by atoms with Crippen LogP contribution in [0.2, 0.25) is 0 Å². The zero-order chi connectivity index (χ0) is 21.4. The highest BCUT2D eigenvalue weighted by Crippen LogP contribution is 2.38. The molecule has 0 unspecified atom stereocenters. The molecule has 9 nitrogen and oxygen atoms in total. The van der Waals surface area contributed by atoms with Gasteiger partial charge >= 0.3 is 0 Å². The number of Topliss-reactive ketones (excluding diaryl/α,β-unsaturated/α-hetero) is 1. The molecule has 0 radical (unpaired) electrons. The SMILES string of the molecule is CC(=O)N(N)c1cc(-c2c(Nc3ccc(C)cc3)c3c(n2N)CNCC3=O)ccn1. The Morgan fingerprint density at radius 1 is 1.23 bits per heavy atom. The molecule has 1 aliphatic heterocycles. The van der Waals surface area contributed by atoms with Gasteiger partial charge in [0.1, 0.15) is 5.82 Å². The van der Waals surface area contributed by atoms with E-state index in [-0.39, 0.29) is 24.1 Å². The first-order valence-corrected chi connectivity index (χ1v) is 9.49. The maximum atomic E-state index is 12.8. The number of amides is 1. The van der Waals surface area contributed by atoms with Gasteiger partial charge in [-0.15, -0.1) is 0 Å². The average molecular weight is 405 g/mol. The van der Waals surface area contributed by atoms with Gasteiger partial charge in [-0.3, -0.25) is 14.3 Å². The number of nitrogen functional groups attached to an aromatic ring is 1. The second-order valence-electron chi connectivity index (χ2n) is 7.22. The standard InChI is InChI=1S/C21H23N7O2/c1-12-3-5-15(6-4-12)26-20-19-16(10-24-11-17(19)30)28(23)21(20)14-7-8-25-18(9-14)27(22)13(2)29/h3-9,24,26H,10-11,22-23H2,1-2H3. The van der Waals surface area contributed by atoms with Crippen molar-refractivity contribution in [1.29, 1.82) is 0 Å². The van der Waals surface area contributed by atoms with Gasteiger partial charge in [-0.05, 0) is 31.2 Å². The Labute approximate surface area is 173 Å². The summed E-state index contributed by atoms with van der Waals surface area (Å²) >= 11 is 0. The summed E-state index contributed by atoms with van der Waals surface area (Å²) in [6.45, 7) is 4.07. The largest absolute Gasteiger partial charge is 0.353 e. The first kappa shape index (κ1) is 19.6. The predicted octanol–water partition coefficient (Wildman–Crippen LogP) is 1.83. The third-order valence-electron chi connectivity index (χ3n) is 5.09. The number of hydrazine groups is 1. The second-order valence-corrected chi connectivity index (χ2v) is 7.22. The summed E-state index contributed by atoms with van der Waals surface area (Å²) in [7, 11) is 0. The summed E-state index contributed by atoms with van der Waals surface area (Å²) in [4.78, 5) is 28.6. The number of aryl methyl sites for hydroxylation is 1. The molecule has 1 amide bonds. The normalized spacial score (nSPS) is 13.1. The van der Waals surface area contributed by atoms with Crippen molar-refractivity contribution in [2.24, 2.45) is 5.84 Å². The molecule has 1 aromatic carbocycles. The highest BCUT2D eigenvalue weighted by molar-refractivity contribution is 6.08. The van der Waals surface area contributed by atoms with Crippen LogP contribution < -0.4 is 27.3 Å². The van der Waals surface area contributed by atoms with Crippen molar-refractivity contribution >= 4 is 28.9 Å². The van der Waals surface area contributed by atoms with E-state index in [2.05, 4.69) is 15.6 Å². The number of carbonyl (C=O) groups is 2. The number of aromatic nitrogens is 2. The maximum absolute atomic E-state index is 12.8. The molecule has 6 N–H and O–H groups in total. The molecule has 4 rings (SSSR count). The highest BCUT2D eigenvalue weighted by Gasteiger charge is 2.30. The van der Waals surface area contributed by atoms with Crippen molar-refractivity contribution in [2.75, 3.05) is 22.7 Å². The van der Waals surface area contributed by atoms with E-state index in [4.69, 9.17) is 11.7 Å². The molecule has 0 bridgehead atoms. The van der Waals surface area contributed by atoms with Crippen LogP contribution in [0.5, 0.6) is 0 Å². The van der Waals surface area contributed by atoms with E-state index in [1.165, 1.54) is 11.6 Å². The van der Waals surface area contributed by atoms with Crippen LogP contribution in [0.4, 0.5) is 17.2 Å². The number of nitrogens with one attached hydrogen (secondary N) is 2. The van der Waals surface area contributed by atoms with Gasteiger partial charge < -0.3 is 16.5 Å². The number of hydrogen-bond donors (Lipinski definition) is 4. The van der Waals surface area contributed by atoms with Gasteiger partial charge in [0.2, 0.25) is 5.91 Å². The van der Waals surface area contributed by atoms with Crippen LogP contribution in [0.3, 0.4) is 0 Å². The fourth-order valence-corrected chi connectivity index (χ4v) is 3.54. The van der Waals surface area contributed by atoms with E-state index in [1.54, 1.807) is 18.3 Å². The third kappa shape index (κ3) is 3.40. The van der Waals surface area contributed by atoms with Crippen molar-refractivity contribution in [3.05, 3.63) is 59.4 Å². The van der Waals surface area contributed by atoms with Crippen molar-refractivity contribution in [1.82, 2.24) is 15.0 Å². The lowest BCUT2D eigenvalue weighted by molar-refractivity contribution is -0.116. The van der Waals surface area contributed by atoms with E-state index < -0.39 is 0 Å². The Bertz CT molecular complexity index is 1140. The minimum atomic E-state index is -0.348. The minimum Gasteiger partial charge on any atom is -0.353 e. The Morgan fingerprint density at radius 2 is 1.97 bits per heavy atom. The van der Waals surface area contributed by atoms with Gasteiger partial charge in [0.05, 0.1) is 29.2 Å². The molecule has 154 valence electrons. The quantitative estimate of drug-likeness (QED) is 0.296. The fraction of sp³-hybridized carbons (Fsp3) is 0.190. The molecular weight excluding hydrogens is 382 g/mol. The molecule has 0 spiro atoms. The van der Waals surface area contributed by atoms with Gasteiger partial charge in [0.25, 0.3) is 0 Å². The van der Waals surface area contributed by atoms with E-state index in [1.807, 2.05) is 31.2 Å². The number of pyridine rings is 1. The van der Waals surface area contributed by atoms with E-state index >= 15 is 0 Å². The number of benzene rings is 1. The number of rotatable bonds is 4. The Kier molecular flexibility index (Phi) is 4.98. The van der Waals surface area contributed by atoms with Crippen molar-refractivity contribution < 1.29 is 9.59 Å². The maximum Gasteiger partial charge on any atom is 0.239 e. The van der Waals surface area contributed by atoms with Gasteiger partial charge in [0.15, 0.2) is 5.78 Å². The van der Waals surface area contributed by atoms with Crippen LogP contribution in [0.15, 0.2) is 42.6 Å². The van der Waals surface area contributed by atoms with Gasteiger partial charge in [-0.2, -0.15) is 0 Å². The highest BCUT2D eigenvalue weighted by atomic mass is 16.2. The topological polar surface area (TPSA) is 131 Å². The summed E-state index contributed by atoms with van der Waals surface area (Å²) in [5.41, 5.74) is 5.11. The molecule has 30 heavy (non-hydrogen) atoms. The molecular formula is C21H23N7O2. The second kappa shape index (κ2) is 7.62. The Morgan fingerprint density at radius 3 is 2.67 bits per heavy atom. The molecule has 1 aliphatic rings. The fourth-order valence-electron chi connectivity index (χ4n) is 3.54. The summed E-state index contributed by atoms with van der Waals surface area (Å²) < 4.78 is 1.50. The van der Waals surface area contributed by atoms with Crippen LogP contribution in [0.25, 0.3) is 11.3 Å². The van der Waals surface area contributed by atoms with Gasteiger partial charge in [-0.1, -0.05) is 17.7 Å². The van der Waals surface area contributed by atoms with E-state index in [0.29, 0.717) is 34.7 Å². The summed E-state index contributed by atoms with van der Waals surface area (Å²) in [5.74, 6) is 12.1. The molecule has 3 heterocycles. The summed E-state index contributed by atoms with van der Waals surface area (Å²) in [6, 6.07) is 11.3. The zero-order valence-electron chi connectivity index (χ0n) is 16.8. The number of ketones is 1. The number of nitrogens with two attached hydrogens (primary N) is 2. The van der Waals surface area contributed by atoms with Crippen LogP contribution in [0, 0.1) is 6.92 Å². The Hall–Kier alpha value is -3.69. The Balaban J connectivity index is 1.89. The van der Waals surface area contributed by atoms with Gasteiger partial charge in [0, 0.05) is 30.9 Å². The van der Waals surface area contributed by atoms with Crippen LogP contribution in [-0.4, -0.2) is 27.9 Å². The monoisotopic (exact) mass is 405 g/mol. The molecule has 0 aliphatic carbocycles. The number of nitrogens with zero attached hydrogens (tertiary/aromatic N) is 3. The lowest BCUT2D eigenvalue weighted by atomic mass is 10.0. The zero-order valence-corrected chi connectivity index (χ0v) is 16.8. The number of carbonyl (C=O) groups excluding carboxylic acids is 2. The lowest BCUT2D eigenvalue weighted by Gasteiger charge is -2.15. The minimum absolute atomic E-state index is 0.0465. The molecule has 3 aromatic rings. The molecule has 0 saturated heterocycles. The lowest BCUT2D eigenvalue weighted by Crippen LogP contribution is -2.36. The summed E-state index contributed by atoms with van der Waals surface area (Å²) in [6.07, 6.45) is 1.55. The third-order valence-corrected chi connectivity index (χ3v) is 5.09. The molecule has 9 heteroatoms. The summed E-state index contributed by atoms with van der Waals surface area (Å²) in [5, 5.41) is 7.41. The van der Waals surface area contributed by atoms with Crippen LogP contribution in [0.1, 0.15) is 28.5 Å². The first-order chi connectivity index (χ1) is 14.4. The number of fused-ring (bicyclic) bond motifs is 1. The molecule has 0 fully saturated rings. The predicted molar refractivity (Wildman–Crippen MR) is 116 cm³/mol. The molecule has 0 saturated carbocycles. The molecule has 0 atom stereocenters. The van der Waals surface area contributed by atoms with Crippen molar-refractivity contribution in [3.63, 3.8) is 0 Å². The number of anilines is 3. The van der Waals surface area contributed by atoms with Crippen molar-refractivity contribution in [3.8, 4) is 11.3 Å². The first-order valence-electron chi connectivity index (χ1n) is 9.49. The number of hydrogen-bond acceptors (Lipinski definition) is 7. The van der Waals surface area contributed by atoms with Crippen LogP contribution in [-0.2, 0) is 11.3 Å². The van der Waals surface area contributed by atoms with Crippen LogP contribution >= 0.6 is 0 Å². The van der Waals surface area contributed by atoms with Gasteiger partial charge in [-0.25, -0.2) is 15.8 Å². The smallest absolute Gasteiger partial charge is 0.239 e. The average Bonchev–Trinajstić information content (AvgIpc) is 3.02. The molecule has 2 aromatic heterocycles.